The number of nitrogens with zero attached hydrogens (tertiary/aromatic N) is 1. The maximum atomic E-state index is 12.6. The van der Waals surface area contributed by atoms with E-state index in [2.05, 4.69) is 10.5 Å². The molecule has 0 bridgehead atoms. The summed E-state index contributed by atoms with van der Waals surface area (Å²) in [7, 11) is 5.97. The molecular formula is C26H26N2O8. The lowest BCUT2D eigenvalue weighted by molar-refractivity contribution is -0.123. The number of esters is 1. The summed E-state index contributed by atoms with van der Waals surface area (Å²) in [6, 6.07) is 16.4. The van der Waals surface area contributed by atoms with E-state index in [9.17, 15) is 9.59 Å². The van der Waals surface area contributed by atoms with Gasteiger partial charge < -0.3 is 28.4 Å². The van der Waals surface area contributed by atoms with Crippen LogP contribution in [0.1, 0.15) is 15.9 Å². The molecule has 3 aromatic rings. The van der Waals surface area contributed by atoms with Gasteiger partial charge in [0.25, 0.3) is 5.91 Å². The fraction of sp³-hybridized carbons (Fsp3) is 0.192. The molecule has 1 N–H and O–H groups in total. The molecule has 0 aliphatic heterocycles. The molecule has 0 aliphatic rings. The lowest BCUT2D eigenvalue weighted by Crippen LogP contribution is -2.24. The fourth-order valence-electron chi connectivity index (χ4n) is 3.02. The summed E-state index contributed by atoms with van der Waals surface area (Å²) in [5, 5.41) is 3.90. The zero-order chi connectivity index (χ0) is 25.9. The van der Waals surface area contributed by atoms with Crippen LogP contribution in [0.4, 0.5) is 0 Å². The lowest BCUT2D eigenvalue weighted by Gasteiger charge is -2.13. The van der Waals surface area contributed by atoms with Crippen molar-refractivity contribution in [1.82, 2.24) is 5.43 Å². The molecule has 0 radical (unpaired) electrons. The molecule has 0 unspecified atom stereocenters. The number of methoxy groups -OCH3 is 4. The minimum atomic E-state index is -0.597. The number of carbonyl (C=O) groups excluding carboxylic acids is 2. The Morgan fingerprint density at radius 2 is 1.36 bits per heavy atom. The van der Waals surface area contributed by atoms with Gasteiger partial charge in [0.2, 0.25) is 5.75 Å². The van der Waals surface area contributed by atoms with Gasteiger partial charge in [0.15, 0.2) is 18.1 Å². The summed E-state index contributed by atoms with van der Waals surface area (Å²) in [4.78, 5) is 24.5. The van der Waals surface area contributed by atoms with Gasteiger partial charge in [-0.25, -0.2) is 10.2 Å². The molecule has 0 fully saturated rings. The van der Waals surface area contributed by atoms with Crippen LogP contribution in [0, 0.1) is 0 Å². The third-order valence-corrected chi connectivity index (χ3v) is 4.82. The van der Waals surface area contributed by atoms with E-state index < -0.39 is 11.9 Å². The van der Waals surface area contributed by atoms with Gasteiger partial charge in [0, 0.05) is 0 Å². The Labute approximate surface area is 208 Å². The molecule has 0 atom stereocenters. The van der Waals surface area contributed by atoms with Gasteiger partial charge in [-0.3, -0.25) is 4.79 Å². The van der Waals surface area contributed by atoms with Gasteiger partial charge in [0.05, 0.1) is 40.2 Å². The summed E-state index contributed by atoms with van der Waals surface area (Å²) >= 11 is 0. The summed E-state index contributed by atoms with van der Waals surface area (Å²) in [6.07, 6.45) is 1.45. The molecule has 3 rings (SSSR count). The minimum Gasteiger partial charge on any atom is -0.497 e. The van der Waals surface area contributed by atoms with E-state index >= 15 is 0 Å². The van der Waals surface area contributed by atoms with E-state index in [1.54, 1.807) is 55.6 Å². The SMILES string of the molecule is COc1ccc(OCC(=O)N/N=C/c2ccc(OC(=O)c3cc(OC)c(OC)c(OC)c3)cc2)cc1. The van der Waals surface area contributed by atoms with E-state index in [1.165, 1.54) is 39.7 Å². The van der Waals surface area contributed by atoms with Crippen molar-refractivity contribution in [2.45, 2.75) is 0 Å². The third kappa shape index (κ3) is 6.89. The van der Waals surface area contributed by atoms with Gasteiger partial charge >= 0.3 is 5.97 Å². The van der Waals surface area contributed by atoms with Crippen LogP contribution in [0.15, 0.2) is 65.8 Å². The van der Waals surface area contributed by atoms with E-state index in [4.69, 9.17) is 28.4 Å². The number of hydrogen-bond donors (Lipinski definition) is 1. The van der Waals surface area contributed by atoms with Gasteiger partial charge in [-0.15, -0.1) is 0 Å². The molecule has 1 amide bonds. The Bertz CT molecular complexity index is 1180. The highest BCUT2D eigenvalue weighted by molar-refractivity contribution is 5.93. The van der Waals surface area contributed by atoms with Crippen LogP contribution < -0.4 is 33.8 Å². The van der Waals surface area contributed by atoms with Crippen molar-refractivity contribution in [2.75, 3.05) is 35.0 Å². The summed E-state index contributed by atoms with van der Waals surface area (Å²) < 4.78 is 31.7. The zero-order valence-electron chi connectivity index (χ0n) is 20.3. The molecule has 3 aromatic carbocycles. The predicted molar refractivity (Wildman–Crippen MR) is 132 cm³/mol. The Kier molecular flexibility index (Phi) is 9.10. The van der Waals surface area contributed by atoms with Gasteiger partial charge in [-0.05, 0) is 66.2 Å². The Morgan fingerprint density at radius 1 is 0.778 bits per heavy atom. The topological polar surface area (TPSA) is 114 Å². The van der Waals surface area contributed by atoms with E-state index in [-0.39, 0.29) is 12.2 Å². The average molecular weight is 495 g/mol. The van der Waals surface area contributed by atoms with Crippen LogP contribution in [0.3, 0.4) is 0 Å². The average Bonchev–Trinajstić information content (AvgIpc) is 2.92. The summed E-state index contributed by atoms with van der Waals surface area (Å²) in [5.74, 6) is 1.59. The van der Waals surface area contributed by atoms with Crippen molar-refractivity contribution in [3.8, 4) is 34.5 Å². The number of benzene rings is 3. The summed E-state index contributed by atoms with van der Waals surface area (Å²) in [6.45, 7) is -0.195. The highest BCUT2D eigenvalue weighted by Crippen LogP contribution is 2.38. The number of carbonyl (C=O) groups is 2. The maximum absolute atomic E-state index is 12.6. The van der Waals surface area contributed by atoms with Gasteiger partial charge in [-0.2, -0.15) is 5.10 Å². The molecule has 0 saturated heterocycles. The smallest absolute Gasteiger partial charge is 0.343 e. The normalized spacial score (nSPS) is 10.4. The molecule has 10 nitrogen and oxygen atoms in total. The van der Waals surface area contributed by atoms with E-state index in [1.807, 2.05) is 0 Å². The van der Waals surface area contributed by atoms with Crippen LogP contribution in [-0.4, -0.2) is 53.1 Å². The molecule has 10 heteroatoms. The predicted octanol–water partition coefficient (Wildman–Crippen LogP) is 3.47. The fourth-order valence-corrected chi connectivity index (χ4v) is 3.02. The second-order valence-electron chi connectivity index (χ2n) is 7.13. The first-order valence-corrected chi connectivity index (χ1v) is 10.7. The number of hydrogen-bond acceptors (Lipinski definition) is 9. The monoisotopic (exact) mass is 494 g/mol. The molecule has 0 heterocycles. The molecule has 0 saturated carbocycles. The Hall–Kier alpha value is -4.73. The van der Waals surface area contributed by atoms with E-state index in [0.29, 0.717) is 40.1 Å². The molecule has 36 heavy (non-hydrogen) atoms. The number of hydrazone groups is 1. The first-order valence-electron chi connectivity index (χ1n) is 10.7. The van der Waals surface area contributed by atoms with Crippen LogP contribution in [0.25, 0.3) is 0 Å². The summed E-state index contributed by atoms with van der Waals surface area (Å²) in [5.41, 5.74) is 3.30. The quantitative estimate of drug-likeness (QED) is 0.187. The zero-order valence-corrected chi connectivity index (χ0v) is 20.3. The number of ether oxygens (including phenoxy) is 6. The molecule has 0 spiro atoms. The second-order valence-corrected chi connectivity index (χ2v) is 7.13. The number of amides is 1. The van der Waals surface area contributed by atoms with Crippen molar-refractivity contribution in [3.63, 3.8) is 0 Å². The van der Waals surface area contributed by atoms with Crippen LogP contribution in [0.5, 0.6) is 34.5 Å². The molecule has 188 valence electrons. The van der Waals surface area contributed by atoms with Crippen molar-refractivity contribution < 1.29 is 38.0 Å². The highest BCUT2D eigenvalue weighted by Gasteiger charge is 2.18. The Morgan fingerprint density at radius 3 is 1.92 bits per heavy atom. The van der Waals surface area contributed by atoms with Crippen molar-refractivity contribution in [2.24, 2.45) is 5.10 Å². The first-order chi connectivity index (χ1) is 17.5. The number of rotatable bonds is 11. The standard InChI is InChI=1S/C26H26N2O8/c1-31-19-9-11-20(12-10-19)35-16-24(29)28-27-15-17-5-7-21(8-6-17)36-26(30)18-13-22(32-2)25(34-4)23(14-18)33-3/h5-15H,16H2,1-4H3,(H,28,29)/b27-15+. The molecule has 0 aliphatic carbocycles. The Balaban J connectivity index is 1.52. The van der Waals surface area contributed by atoms with Crippen molar-refractivity contribution >= 4 is 18.1 Å². The molecular weight excluding hydrogens is 468 g/mol. The van der Waals surface area contributed by atoms with Crippen molar-refractivity contribution in [1.29, 1.82) is 0 Å². The maximum Gasteiger partial charge on any atom is 0.343 e. The van der Waals surface area contributed by atoms with E-state index in [0.717, 1.165) is 0 Å². The van der Waals surface area contributed by atoms with Crippen LogP contribution >= 0.6 is 0 Å². The van der Waals surface area contributed by atoms with Gasteiger partial charge in [-0.1, -0.05) is 0 Å². The minimum absolute atomic E-state index is 0.195. The first kappa shape index (κ1) is 25.9. The third-order valence-electron chi connectivity index (χ3n) is 4.82. The van der Waals surface area contributed by atoms with Gasteiger partial charge in [0.1, 0.15) is 17.2 Å². The largest absolute Gasteiger partial charge is 0.497 e. The van der Waals surface area contributed by atoms with Crippen LogP contribution in [-0.2, 0) is 4.79 Å². The van der Waals surface area contributed by atoms with Crippen LogP contribution in [0.2, 0.25) is 0 Å². The highest BCUT2D eigenvalue weighted by atomic mass is 16.5. The lowest BCUT2D eigenvalue weighted by atomic mass is 10.2. The second kappa shape index (κ2) is 12.7. The molecule has 0 aromatic heterocycles. The van der Waals surface area contributed by atoms with Crippen molar-refractivity contribution in [3.05, 3.63) is 71.8 Å². The number of nitrogens with one attached hydrogen (secondary N) is 1.